The first-order valence-corrected chi connectivity index (χ1v) is 15.1. The fourth-order valence-corrected chi connectivity index (χ4v) is 4.50. The minimum atomic E-state index is -0.870. The van der Waals surface area contributed by atoms with E-state index in [-0.39, 0.29) is 0 Å². The largest absolute Gasteiger partial charge is 0.0694 e. The predicted octanol–water partition coefficient (Wildman–Crippen LogP) is 9.37. The van der Waals surface area contributed by atoms with Crippen LogP contribution in [0.5, 0.6) is 0 Å². The zero-order chi connectivity index (χ0) is 18.1. The van der Waals surface area contributed by atoms with Gasteiger partial charge in [-0.25, -0.2) is 0 Å². The van der Waals surface area contributed by atoms with Gasteiger partial charge < -0.3 is 0 Å². The molecular weight excluding hydrogens is 304 g/mol. The molecule has 0 aliphatic carbocycles. The lowest BCUT2D eigenvalue weighted by Gasteiger charge is -2.24. The summed E-state index contributed by atoms with van der Waals surface area (Å²) in [6.45, 7) is 12.3. The Morgan fingerprint density at radius 1 is 0.500 bits per heavy atom. The van der Waals surface area contributed by atoms with E-state index in [1.54, 1.807) is 0 Å². The monoisotopic (exact) mass is 354 g/mol. The van der Waals surface area contributed by atoms with Crippen LogP contribution in [-0.4, -0.2) is 8.07 Å². The molecule has 0 nitrogen and oxygen atoms in total. The van der Waals surface area contributed by atoms with Gasteiger partial charge in [0.05, 0.1) is 0 Å². The molecule has 0 aromatic heterocycles. The summed E-state index contributed by atoms with van der Waals surface area (Å²) < 4.78 is 0. The molecule has 1 atom stereocenters. The van der Waals surface area contributed by atoms with E-state index < -0.39 is 8.07 Å². The fourth-order valence-electron chi connectivity index (χ4n) is 3.43. The zero-order valence-corrected chi connectivity index (χ0v) is 19.1. The van der Waals surface area contributed by atoms with E-state index in [9.17, 15) is 0 Å². The van der Waals surface area contributed by atoms with E-state index >= 15 is 0 Å². The maximum absolute atomic E-state index is 2.52. The number of rotatable bonds is 18. The van der Waals surface area contributed by atoms with Crippen LogP contribution in [0.15, 0.2) is 0 Å². The summed E-state index contributed by atoms with van der Waals surface area (Å²) >= 11 is 0. The molecule has 1 unspecified atom stereocenters. The van der Waals surface area contributed by atoms with Crippen molar-refractivity contribution in [2.75, 3.05) is 0 Å². The first-order valence-electron chi connectivity index (χ1n) is 11.5. The van der Waals surface area contributed by atoms with E-state index in [4.69, 9.17) is 0 Å². The lowest BCUT2D eigenvalue weighted by atomic mass is 10.0. The van der Waals surface area contributed by atoms with Gasteiger partial charge in [-0.1, -0.05) is 143 Å². The second-order valence-corrected chi connectivity index (χ2v) is 15.1. The van der Waals surface area contributed by atoms with Crippen LogP contribution in [0.3, 0.4) is 0 Å². The molecule has 0 radical (unpaired) electrons. The SMILES string of the molecule is CCCCCCCCCCCCCCCCCCC(C)[Si](C)(C)C. The maximum Gasteiger partial charge on any atom is 0.0471 e. The maximum atomic E-state index is 2.52. The Labute approximate surface area is 156 Å². The third-order valence-electron chi connectivity index (χ3n) is 5.97. The quantitative estimate of drug-likeness (QED) is 0.170. The topological polar surface area (TPSA) is 0 Å². The minimum Gasteiger partial charge on any atom is -0.0694 e. The molecule has 0 fully saturated rings. The van der Waals surface area contributed by atoms with Crippen LogP contribution in [0.2, 0.25) is 25.2 Å². The van der Waals surface area contributed by atoms with Crippen LogP contribution in [0.1, 0.15) is 123 Å². The first kappa shape index (κ1) is 24.2. The van der Waals surface area contributed by atoms with Crippen molar-refractivity contribution in [1.82, 2.24) is 0 Å². The molecule has 146 valence electrons. The van der Waals surface area contributed by atoms with Gasteiger partial charge in [-0.15, -0.1) is 0 Å². The van der Waals surface area contributed by atoms with Gasteiger partial charge in [-0.2, -0.15) is 0 Å². The van der Waals surface area contributed by atoms with E-state index in [2.05, 4.69) is 33.5 Å². The Morgan fingerprint density at radius 2 is 0.792 bits per heavy atom. The molecule has 0 spiro atoms. The zero-order valence-electron chi connectivity index (χ0n) is 18.1. The molecule has 0 N–H and O–H groups in total. The summed E-state index contributed by atoms with van der Waals surface area (Å²) in [6, 6.07) is 0. The summed E-state index contributed by atoms with van der Waals surface area (Å²) in [5, 5.41) is 0. The van der Waals surface area contributed by atoms with Crippen molar-refractivity contribution in [1.29, 1.82) is 0 Å². The first-order chi connectivity index (χ1) is 11.5. The van der Waals surface area contributed by atoms with E-state index in [1.165, 1.54) is 109 Å². The third kappa shape index (κ3) is 17.1. The van der Waals surface area contributed by atoms with Gasteiger partial charge in [-0.05, 0) is 5.54 Å². The Bertz CT molecular complexity index is 241. The highest BCUT2D eigenvalue weighted by Gasteiger charge is 2.21. The lowest BCUT2D eigenvalue weighted by molar-refractivity contribution is 0.526. The van der Waals surface area contributed by atoms with Gasteiger partial charge in [0.2, 0.25) is 0 Å². The Morgan fingerprint density at radius 3 is 1.08 bits per heavy atom. The van der Waals surface area contributed by atoms with Crippen molar-refractivity contribution in [3.63, 3.8) is 0 Å². The summed E-state index contributed by atoms with van der Waals surface area (Å²) in [7, 11) is -0.870. The number of hydrogen-bond acceptors (Lipinski definition) is 0. The van der Waals surface area contributed by atoms with Crippen molar-refractivity contribution in [3.05, 3.63) is 0 Å². The summed E-state index contributed by atoms with van der Waals surface area (Å²) in [5.41, 5.74) is 1.00. The molecule has 0 aromatic rings. The molecule has 0 saturated heterocycles. The van der Waals surface area contributed by atoms with Crippen LogP contribution < -0.4 is 0 Å². The summed E-state index contributed by atoms with van der Waals surface area (Å²) in [6.07, 6.45) is 25.1. The average Bonchev–Trinajstić information content (AvgIpc) is 2.53. The van der Waals surface area contributed by atoms with Crippen LogP contribution >= 0.6 is 0 Å². The van der Waals surface area contributed by atoms with Crippen LogP contribution in [0.4, 0.5) is 0 Å². The van der Waals surface area contributed by atoms with E-state index in [0.717, 1.165) is 5.54 Å². The molecule has 1 heteroatoms. The standard InChI is InChI=1S/C23H50Si/c1-6-7-8-9-10-11-12-13-14-15-16-17-18-19-20-21-22-23(2)24(3,4)5/h23H,6-22H2,1-5H3. The van der Waals surface area contributed by atoms with Crippen molar-refractivity contribution in [3.8, 4) is 0 Å². The molecular formula is C23H50Si. The molecule has 0 aliphatic rings. The summed E-state index contributed by atoms with van der Waals surface area (Å²) in [5.74, 6) is 0. The van der Waals surface area contributed by atoms with Crippen molar-refractivity contribution >= 4 is 8.07 Å². The van der Waals surface area contributed by atoms with Crippen LogP contribution in [0.25, 0.3) is 0 Å². The number of unbranched alkanes of at least 4 members (excludes halogenated alkanes) is 15. The number of hydrogen-bond donors (Lipinski definition) is 0. The van der Waals surface area contributed by atoms with Crippen molar-refractivity contribution < 1.29 is 0 Å². The third-order valence-corrected chi connectivity index (χ3v) is 9.21. The second kappa shape index (κ2) is 16.7. The molecule has 24 heavy (non-hydrogen) atoms. The molecule has 0 rings (SSSR count). The highest BCUT2D eigenvalue weighted by Crippen LogP contribution is 2.27. The molecule has 0 heterocycles. The fraction of sp³-hybridized carbons (Fsp3) is 1.00. The van der Waals surface area contributed by atoms with E-state index in [0.29, 0.717) is 0 Å². The molecule has 0 saturated carbocycles. The van der Waals surface area contributed by atoms with Gasteiger partial charge >= 0.3 is 0 Å². The van der Waals surface area contributed by atoms with E-state index in [1.807, 2.05) is 0 Å². The second-order valence-electron chi connectivity index (χ2n) is 9.36. The Kier molecular flexibility index (Phi) is 16.8. The van der Waals surface area contributed by atoms with Crippen molar-refractivity contribution in [2.45, 2.75) is 148 Å². The molecule has 0 aliphatic heterocycles. The van der Waals surface area contributed by atoms with Crippen LogP contribution in [-0.2, 0) is 0 Å². The van der Waals surface area contributed by atoms with Gasteiger partial charge in [0.1, 0.15) is 0 Å². The molecule has 0 amide bonds. The molecule has 0 aromatic carbocycles. The van der Waals surface area contributed by atoms with Crippen LogP contribution in [0, 0.1) is 0 Å². The average molecular weight is 355 g/mol. The van der Waals surface area contributed by atoms with Gasteiger partial charge in [0, 0.05) is 8.07 Å². The van der Waals surface area contributed by atoms with Crippen molar-refractivity contribution in [2.24, 2.45) is 0 Å². The predicted molar refractivity (Wildman–Crippen MR) is 117 cm³/mol. The normalized spacial score (nSPS) is 13.4. The smallest absolute Gasteiger partial charge is 0.0471 e. The highest BCUT2D eigenvalue weighted by atomic mass is 28.3. The Hall–Kier alpha value is 0.217. The molecule has 0 bridgehead atoms. The highest BCUT2D eigenvalue weighted by molar-refractivity contribution is 6.77. The summed E-state index contributed by atoms with van der Waals surface area (Å²) in [4.78, 5) is 0. The van der Waals surface area contributed by atoms with Gasteiger partial charge in [-0.3, -0.25) is 0 Å². The van der Waals surface area contributed by atoms with Gasteiger partial charge in [0.15, 0.2) is 0 Å². The Balaban J connectivity index is 3.10. The van der Waals surface area contributed by atoms with Gasteiger partial charge in [0.25, 0.3) is 0 Å². The minimum absolute atomic E-state index is 0.870. The lowest BCUT2D eigenvalue weighted by Crippen LogP contribution is -2.25.